The molecule has 2 fully saturated rings. The predicted octanol–water partition coefficient (Wildman–Crippen LogP) is 3.80. The van der Waals surface area contributed by atoms with Crippen molar-refractivity contribution in [3.8, 4) is 0 Å². The number of fused-ring (bicyclic) bond motifs is 2. The SMILES string of the molecule is Cn1nc(C2CCN(c3ccc4nc(N5CCOCC5)sc4n3)CC2)c2ccccc21. The number of para-hydroxylation sites is 1. The van der Waals surface area contributed by atoms with Gasteiger partial charge in [-0.1, -0.05) is 29.5 Å². The highest BCUT2D eigenvalue weighted by Crippen LogP contribution is 2.35. The molecule has 3 aromatic heterocycles. The van der Waals surface area contributed by atoms with E-state index in [0.29, 0.717) is 5.92 Å². The second-order valence-corrected chi connectivity index (χ2v) is 9.33. The molecule has 2 aliphatic heterocycles. The molecule has 0 radical (unpaired) electrons. The van der Waals surface area contributed by atoms with Gasteiger partial charge in [-0.05, 0) is 31.0 Å². The molecule has 0 bridgehead atoms. The molecule has 6 rings (SSSR count). The quantitative estimate of drug-likeness (QED) is 0.489. The number of morpholine rings is 1. The van der Waals surface area contributed by atoms with E-state index in [1.54, 1.807) is 11.3 Å². The zero-order valence-corrected chi connectivity index (χ0v) is 18.5. The Labute approximate surface area is 185 Å². The summed E-state index contributed by atoms with van der Waals surface area (Å²) in [6.07, 6.45) is 2.20. The first-order valence-electron chi connectivity index (χ1n) is 11.0. The van der Waals surface area contributed by atoms with E-state index in [2.05, 4.69) is 46.2 Å². The molecule has 0 unspecified atom stereocenters. The van der Waals surface area contributed by atoms with Crippen LogP contribution >= 0.6 is 11.3 Å². The Kier molecular flexibility index (Phi) is 4.76. The fourth-order valence-electron chi connectivity index (χ4n) is 4.79. The lowest BCUT2D eigenvalue weighted by Crippen LogP contribution is -2.36. The Hall–Kier alpha value is -2.71. The molecule has 2 aliphatic rings. The number of thiazole rings is 1. The maximum absolute atomic E-state index is 5.47. The van der Waals surface area contributed by atoms with Crippen LogP contribution < -0.4 is 9.80 Å². The number of nitrogens with zero attached hydrogens (tertiary/aromatic N) is 6. The summed E-state index contributed by atoms with van der Waals surface area (Å²) < 4.78 is 7.48. The molecule has 7 nitrogen and oxygen atoms in total. The van der Waals surface area contributed by atoms with E-state index in [1.807, 2.05) is 11.7 Å². The zero-order valence-electron chi connectivity index (χ0n) is 17.7. The van der Waals surface area contributed by atoms with Crippen LogP contribution in [0.4, 0.5) is 10.9 Å². The van der Waals surface area contributed by atoms with E-state index >= 15 is 0 Å². The van der Waals surface area contributed by atoms with Crippen molar-refractivity contribution in [3.05, 3.63) is 42.1 Å². The Morgan fingerprint density at radius 1 is 0.935 bits per heavy atom. The van der Waals surface area contributed by atoms with Crippen LogP contribution in [-0.2, 0) is 11.8 Å². The van der Waals surface area contributed by atoms with Crippen LogP contribution in [0.1, 0.15) is 24.5 Å². The van der Waals surface area contributed by atoms with Gasteiger partial charge in [0.05, 0.1) is 24.4 Å². The number of aryl methyl sites for hydroxylation is 1. The fraction of sp³-hybridized carbons (Fsp3) is 0.435. The average molecular weight is 435 g/mol. The average Bonchev–Trinajstić information content (AvgIpc) is 3.41. The number of aromatic nitrogens is 4. The maximum atomic E-state index is 5.47. The van der Waals surface area contributed by atoms with Gasteiger partial charge in [-0.3, -0.25) is 4.68 Å². The lowest BCUT2D eigenvalue weighted by Gasteiger charge is -2.32. The van der Waals surface area contributed by atoms with Gasteiger partial charge < -0.3 is 14.5 Å². The normalized spacial score (nSPS) is 18.4. The minimum absolute atomic E-state index is 0.502. The number of rotatable bonds is 3. The van der Waals surface area contributed by atoms with Crippen molar-refractivity contribution in [1.82, 2.24) is 19.7 Å². The van der Waals surface area contributed by atoms with E-state index in [4.69, 9.17) is 19.8 Å². The van der Waals surface area contributed by atoms with Crippen molar-refractivity contribution >= 4 is 43.5 Å². The monoisotopic (exact) mass is 434 g/mol. The molecule has 160 valence electrons. The predicted molar refractivity (Wildman–Crippen MR) is 125 cm³/mol. The number of pyridine rings is 1. The molecule has 0 saturated carbocycles. The van der Waals surface area contributed by atoms with Crippen molar-refractivity contribution in [2.45, 2.75) is 18.8 Å². The van der Waals surface area contributed by atoms with Crippen molar-refractivity contribution in [1.29, 1.82) is 0 Å². The maximum Gasteiger partial charge on any atom is 0.188 e. The Morgan fingerprint density at radius 2 is 1.74 bits per heavy atom. The molecular formula is C23H26N6OS. The molecule has 0 atom stereocenters. The number of benzene rings is 1. The van der Waals surface area contributed by atoms with Crippen LogP contribution in [0.15, 0.2) is 36.4 Å². The van der Waals surface area contributed by atoms with Gasteiger partial charge in [0.25, 0.3) is 0 Å². The molecule has 2 saturated heterocycles. The number of ether oxygens (including phenoxy) is 1. The molecule has 0 amide bonds. The summed E-state index contributed by atoms with van der Waals surface area (Å²) in [4.78, 5) is 15.5. The van der Waals surface area contributed by atoms with Crippen molar-refractivity contribution in [2.24, 2.45) is 7.05 Å². The number of hydrogen-bond donors (Lipinski definition) is 0. The molecule has 0 N–H and O–H groups in total. The second kappa shape index (κ2) is 7.76. The Bertz CT molecular complexity index is 1220. The standard InChI is InChI=1S/C23H26N6OS/c1-27-19-5-3-2-4-17(19)21(26-27)16-8-10-28(11-9-16)20-7-6-18-22(25-20)31-23(24-18)29-12-14-30-15-13-29/h2-7,16H,8-15H2,1H3. The number of piperidine rings is 1. The summed E-state index contributed by atoms with van der Waals surface area (Å²) in [6, 6.07) is 12.8. The lowest BCUT2D eigenvalue weighted by molar-refractivity contribution is 0.122. The third-order valence-electron chi connectivity index (χ3n) is 6.50. The van der Waals surface area contributed by atoms with Gasteiger partial charge in [0, 0.05) is 44.5 Å². The molecule has 0 spiro atoms. The van der Waals surface area contributed by atoms with Crippen molar-refractivity contribution in [3.63, 3.8) is 0 Å². The van der Waals surface area contributed by atoms with Gasteiger partial charge in [-0.15, -0.1) is 0 Å². The third-order valence-corrected chi connectivity index (χ3v) is 7.53. The van der Waals surface area contributed by atoms with E-state index in [1.165, 1.54) is 16.6 Å². The summed E-state index contributed by atoms with van der Waals surface area (Å²) in [5, 5.41) is 7.22. The minimum atomic E-state index is 0.502. The molecule has 31 heavy (non-hydrogen) atoms. The fourth-order valence-corrected chi connectivity index (χ4v) is 5.77. The first-order chi connectivity index (χ1) is 15.3. The van der Waals surface area contributed by atoms with Gasteiger partial charge >= 0.3 is 0 Å². The lowest BCUT2D eigenvalue weighted by atomic mass is 9.91. The Morgan fingerprint density at radius 3 is 2.58 bits per heavy atom. The first-order valence-corrected chi connectivity index (χ1v) is 11.8. The molecular weight excluding hydrogens is 408 g/mol. The summed E-state index contributed by atoms with van der Waals surface area (Å²) in [5.74, 6) is 1.57. The van der Waals surface area contributed by atoms with Crippen LogP contribution in [0, 0.1) is 0 Å². The van der Waals surface area contributed by atoms with Crippen molar-refractivity contribution < 1.29 is 4.74 Å². The summed E-state index contributed by atoms with van der Waals surface area (Å²) in [7, 11) is 2.04. The molecule has 0 aliphatic carbocycles. The van der Waals surface area contributed by atoms with Gasteiger partial charge in [0.2, 0.25) is 0 Å². The van der Waals surface area contributed by atoms with E-state index in [-0.39, 0.29) is 0 Å². The smallest absolute Gasteiger partial charge is 0.188 e. The largest absolute Gasteiger partial charge is 0.378 e. The summed E-state index contributed by atoms with van der Waals surface area (Å²) in [5.41, 5.74) is 3.46. The van der Waals surface area contributed by atoms with E-state index in [9.17, 15) is 0 Å². The van der Waals surface area contributed by atoms with Gasteiger partial charge in [0.1, 0.15) is 16.2 Å². The van der Waals surface area contributed by atoms with Gasteiger partial charge in [-0.25, -0.2) is 9.97 Å². The number of hydrogen-bond acceptors (Lipinski definition) is 7. The summed E-state index contributed by atoms with van der Waals surface area (Å²) in [6.45, 7) is 5.36. The highest BCUT2D eigenvalue weighted by Gasteiger charge is 2.26. The second-order valence-electron chi connectivity index (χ2n) is 8.38. The van der Waals surface area contributed by atoms with E-state index in [0.717, 1.165) is 73.5 Å². The summed E-state index contributed by atoms with van der Waals surface area (Å²) >= 11 is 1.69. The van der Waals surface area contributed by atoms with Crippen LogP contribution in [0.5, 0.6) is 0 Å². The van der Waals surface area contributed by atoms with E-state index < -0.39 is 0 Å². The van der Waals surface area contributed by atoms with Crippen LogP contribution in [0.2, 0.25) is 0 Å². The molecule has 8 heteroatoms. The highest BCUT2D eigenvalue weighted by atomic mass is 32.1. The Balaban J connectivity index is 1.19. The van der Waals surface area contributed by atoms with Gasteiger partial charge in [-0.2, -0.15) is 5.10 Å². The highest BCUT2D eigenvalue weighted by molar-refractivity contribution is 7.21. The van der Waals surface area contributed by atoms with Crippen LogP contribution in [-0.4, -0.2) is 59.1 Å². The molecule has 5 heterocycles. The molecule has 4 aromatic rings. The zero-order chi connectivity index (χ0) is 20.8. The van der Waals surface area contributed by atoms with Gasteiger partial charge in [0.15, 0.2) is 5.13 Å². The first kappa shape index (κ1) is 19.0. The molecule has 1 aromatic carbocycles. The van der Waals surface area contributed by atoms with Crippen LogP contribution in [0.3, 0.4) is 0 Å². The van der Waals surface area contributed by atoms with Crippen LogP contribution in [0.25, 0.3) is 21.3 Å². The third kappa shape index (κ3) is 3.43. The minimum Gasteiger partial charge on any atom is -0.378 e. The number of anilines is 2. The topological polar surface area (TPSA) is 59.3 Å². The van der Waals surface area contributed by atoms with Crippen molar-refractivity contribution in [2.75, 3.05) is 49.2 Å².